The Labute approximate surface area is 126 Å². The molecule has 1 aromatic carbocycles. The smallest absolute Gasteiger partial charge is 0.321 e. The molecule has 1 aliphatic heterocycles. The van der Waals surface area contributed by atoms with Crippen LogP contribution in [-0.2, 0) is 4.74 Å². The normalized spacial score (nSPS) is 17.8. The molecule has 2 N–H and O–H groups in total. The van der Waals surface area contributed by atoms with Gasteiger partial charge in [-0.25, -0.2) is 4.79 Å². The Morgan fingerprint density at radius 3 is 2.80 bits per heavy atom. The van der Waals surface area contributed by atoms with Gasteiger partial charge in [0.15, 0.2) is 0 Å². The van der Waals surface area contributed by atoms with Crippen LogP contribution in [0.25, 0.3) is 0 Å². The third kappa shape index (κ3) is 4.10. The number of ether oxygens (including phenoxy) is 1. The molecule has 3 amide bonds. The number of benzene rings is 1. The predicted octanol–water partition coefficient (Wildman–Crippen LogP) is 2.61. The average Bonchev–Trinajstić information content (AvgIpc) is 2.89. The summed E-state index contributed by atoms with van der Waals surface area (Å²) in [4.78, 5) is 23.4. The van der Waals surface area contributed by atoms with Crippen molar-refractivity contribution in [3.8, 4) is 0 Å². The molecule has 0 aromatic heterocycles. The van der Waals surface area contributed by atoms with E-state index < -0.39 is 11.9 Å². The first kappa shape index (κ1) is 15.1. The molecular weight excluding hydrogens is 303 g/mol. The minimum atomic E-state index is -0.573. The Kier molecular flexibility index (Phi) is 5.23. The summed E-state index contributed by atoms with van der Waals surface area (Å²) in [5, 5.41) is 5.42. The van der Waals surface area contributed by atoms with Crippen molar-refractivity contribution in [1.82, 2.24) is 10.6 Å². The lowest BCUT2D eigenvalue weighted by molar-refractivity contribution is 0.0954. The van der Waals surface area contributed by atoms with E-state index in [1.54, 1.807) is 0 Å². The summed E-state index contributed by atoms with van der Waals surface area (Å²) in [6.45, 7) is 1.10. The molecule has 5 nitrogen and oxygen atoms in total. The van der Waals surface area contributed by atoms with E-state index in [1.165, 1.54) is 18.2 Å². The zero-order valence-electron chi connectivity index (χ0n) is 10.6. The second kappa shape index (κ2) is 6.92. The first-order valence-corrected chi connectivity index (χ1v) is 6.97. The van der Waals surface area contributed by atoms with E-state index in [4.69, 9.17) is 27.9 Å². The molecule has 1 aliphatic rings. The maximum Gasteiger partial charge on any atom is 0.321 e. The van der Waals surface area contributed by atoms with Crippen LogP contribution < -0.4 is 10.6 Å². The van der Waals surface area contributed by atoms with Gasteiger partial charge in [-0.15, -0.1) is 0 Å². The number of hydrogen-bond acceptors (Lipinski definition) is 3. The van der Waals surface area contributed by atoms with Crippen molar-refractivity contribution in [2.45, 2.75) is 18.9 Å². The van der Waals surface area contributed by atoms with Crippen molar-refractivity contribution >= 4 is 35.1 Å². The highest BCUT2D eigenvalue weighted by molar-refractivity contribution is 6.37. The zero-order chi connectivity index (χ0) is 14.5. The monoisotopic (exact) mass is 316 g/mol. The number of imide groups is 1. The van der Waals surface area contributed by atoms with Crippen molar-refractivity contribution in [1.29, 1.82) is 0 Å². The lowest BCUT2D eigenvalue weighted by Crippen LogP contribution is -2.42. The first-order valence-electron chi connectivity index (χ1n) is 6.22. The van der Waals surface area contributed by atoms with Crippen molar-refractivity contribution in [2.75, 3.05) is 13.2 Å². The SMILES string of the molecule is O=C(NCC1CCCO1)NC(=O)c1ccc(Cl)cc1Cl. The highest BCUT2D eigenvalue weighted by Crippen LogP contribution is 2.20. The summed E-state index contributed by atoms with van der Waals surface area (Å²) in [5.74, 6) is -0.573. The molecular formula is C13H14Cl2N2O3. The molecule has 2 rings (SSSR count). The fourth-order valence-electron chi connectivity index (χ4n) is 1.90. The molecule has 0 spiro atoms. The number of carbonyl (C=O) groups is 2. The Bertz CT molecular complexity index is 516. The molecule has 108 valence electrons. The minimum absolute atomic E-state index is 0.0231. The van der Waals surface area contributed by atoms with Crippen molar-refractivity contribution in [3.05, 3.63) is 33.8 Å². The molecule has 1 fully saturated rings. The van der Waals surface area contributed by atoms with Crippen LogP contribution >= 0.6 is 23.2 Å². The van der Waals surface area contributed by atoms with Crippen LogP contribution in [0.15, 0.2) is 18.2 Å². The summed E-state index contributed by atoms with van der Waals surface area (Å²) < 4.78 is 5.36. The number of nitrogens with one attached hydrogen (secondary N) is 2. The summed E-state index contributed by atoms with van der Waals surface area (Å²) in [6, 6.07) is 3.87. The van der Waals surface area contributed by atoms with Crippen molar-refractivity contribution < 1.29 is 14.3 Å². The molecule has 1 saturated heterocycles. The zero-order valence-corrected chi connectivity index (χ0v) is 12.1. The van der Waals surface area contributed by atoms with E-state index in [0.29, 0.717) is 18.2 Å². The van der Waals surface area contributed by atoms with E-state index in [2.05, 4.69) is 10.6 Å². The molecule has 1 heterocycles. The standard InChI is InChI=1S/C13H14Cl2N2O3/c14-8-3-4-10(11(15)6-8)12(18)17-13(19)16-7-9-2-1-5-20-9/h3-4,6,9H,1-2,5,7H2,(H2,16,17,18,19). The Morgan fingerprint density at radius 2 is 2.15 bits per heavy atom. The fraction of sp³-hybridized carbons (Fsp3) is 0.385. The second-order valence-electron chi connectivity index (χ2n) is 4.42. The number of rotatable bonds is 3. The number of urea groups is 1. The minimum Gasteiger partial charge on any atom is -0.376 e. The molecule has 1 aromatic rings. The second-order valence-corrected chi connectivity index (χ2v) is 5.27. The molecule has 0 aliphatic carbocycles. The van der Waals surface area contributed by atoms with Crippen molar-refractivity contribution in [3.63, 3.8) is 0 Å². The van der Waals surface area contributed by atoms with Gasteiger partial charge in [-0.3, -0.25) is 10.1 Å². The van der Waals surface area contributed by atoms with E-state index in [9.17, 15) is 9.59 Å². The maximum absolute atomic E-state index is 11.9. The van der Waals surface area contributed by atoms with Gasteiger partial charge in [0, 0.05) is 18.2 Å². The quantitative estimate of drug-likeness (QED) is 0.900. The highest BCUT2D eigenvalue weighted by atomic mass is 35.5. The largest absolute Gasteiger partial charge is 0.376 e. The number of amides is 3. The van der Waals surface area contributed by atoms with E-state index in [-0.39, 0.29) is 16.7 Å². The van der Waals surface area contributed by atoms with Gasteiger partial charge in [0.05, 0.1) is 16.7 Å². The summed E-state index contributed by atoms with van der Waals surface area (Å²) >= 11 is 11.6. The molecule has 0 saturated carbocycles. The van der Waals surface area contributed by atoms with Crippen LogP contribution in [0, 0.1) is 0 Å². The first-order chi connectivity index (χ1) is 9.56. The highest BCUT2D eigenvalue weighted by Gasteiger charge is 2.18. The van der Waals surface area contributed by atoms with Gasteiger partial charge in [-0.2, -0.15) is 0 Å². The predicted molar refractivity (Wildman–Crippen MR) is 76.3 cm³/mol. The van der Waals surface area contributed by atoms with Gasteiger partial charge < -0.3 is 10.1 Å². The number of hydrogen-bond donors (Lipinski definition) is 2. The number of carbonyl (C=O) groups excluding carboxylic acids is 2. The van der Waals surface area contributed by atoms with Crippen LogP contribution in [0.3, 0.4) is 0 Å². The lowest BCUT2D eigenvalue weighted by atomic mass is 10.2. The van der Waals surface area contributed by atoms with Crippen molar-refractivity contribution in [2.24, 2.45) is 0 Å². The lowest BCUT2D eigenvalue weighted by Gasteiger charge is -2.11. The molecule has 0 radical (unpaired) electrons. The van der Waals surface area contributed by atoms with Gasteiger partial charge in [-0.05, 0) is 31.0 Å². The van der Waals surface area contributed by atoms with Crippen LogP contribution in [0.5, 0.6) is 0 Å². The topological polar surface area (TPSA) is 67.4 Å². The summed E-state index contributed by atoms with van der Waals surface area (Å²) in [6.07, 6.45) is 1.93. The molecule has 1 atom stereocenters. The average molecular weight is 317 g/mol. The third-order valence-corrected chi connectivity index (χ3v) is 3.46. The van der Waals surface area contributed by atoms with Gasteiger partial charge in [0.1, 0.15) is 0 Å². The van der Waals surface area contributed by atoms with Crippen LogP contribution in [-0.4, -0.2) is 31.2 Å². The van der Waals surface area contributed by atoms with Crippen LogP contribution in [0.1, 0.15) is 23.2 Å². The van der Waals surface area contributed by atoms with E-state index in [1.807, 2.05) is 0 Å². The summed E-state index contributed by atoms with van der Waals surface area (Å²) in [5.41, 5.74) is 0.198. The van der Waals surface area contributed by atoms with Gasteiger partial charge in [-0.1, -0.05) is 23.2 Å². The van der Waals surface area contributed by atoms with Gasteiger partial charge >= 0.3 is 6.03 Å². The molecule has 20 heavy (non-hydrogen) atoms. The summed E-state index contributed by atoms with van der Waals surface area (Å²) in [7, 11) is 0. The fourth-order valence-corrected chi connectivity index (χ4v) is 2.39. The van der Waals surface area contributed by atoms with Gasteiger partial charge in [0.25, 0.3) is 5.91 Å². The molecule has 1 unspecified atom stereocenters. The van der Waals surface area contributed by atoms with E-state index >= 15 is 0 Å². The Morgan fingerprint density at radius 1 is 1.35 bits per heavy atom. The van der Waals surface area contributed by atoms with Gasteiger partial charge in [0.2, 0.25) is 0 Å². The van der Waals surface area contributed by atoms with Crippen LogP contribution in [0.2, 0.25) is 10.0 Å². The Balaban J connectivity index is 1.85. The van der Waals surface area contributed by atoms with Crippen LogP contribution in [0.4, 0.5) is 4.79 Å². The van der Waals surface area contributed by atoms with E-state index in [0.717, 1.165) is 12.8 Å². The molecule has 0 bridgehead atoms. The molecule has 7 heteroatoms. The maximum atomic E-state index is 11.9. The number of halogens is 2. The Hall–Kier alpha value is -1.30. The third-order valence-electron chi connectivity index (χ3n) is 2.92.